The van der Waals surface area contributed by atoms with E-state index in [4.69, 9.17) is 16.3 Å². The number of hydrogen-bond acceptors (Lipinski definition) is 4. The lowest BCUT2D eigenvalue weighted by Gasteiger charge is -2.15. The normalized spacial score (nSPS) is 10.7. The van der Waals surface area contributed by atoms with Crippen LogP contribution in [-0.4, -0.2) is 39.7 Å². The highest BCUT2D eigenvalue weighted by molar-refractivity contribution is 6.32. The molecule has 0 saturated carbocycles. The lowest BCUT2D eigenvalue weighted by atomic mass is 10.2. The number of methoxy groups -OCH3 is 1. The van der Waals surface area contributed by atoms with E-state index >= 15 is 0 Å². The Morgan fingerprint density at radius 1 is 1.00 bits per heavy atom. The zero-order valence-corrected chi connectivity index (χ0v) is 18.0. The van der Waals surface area contributed by atoms with E-state index in [1.54, 1.807) is 29.8 Å². The Morgan fingerprint density at radius 3 is 2.35 bits per heavy atom. The lowest BCUT2D eigenvalue weighted by molar-refractivity contribution is 0.0773. The minimum atomic E-state index is -0.274. The molecule has 31 heavy (non-hydrogen) atoms. The second-order valence-electron chi connectivity index (χ2n) is 7.00. The molecule has 1 heterocycles. The van der Waals surface area contributed by atoms with Gasteiger partial charge in [-0.1, -0.05) is 54.1 Å². The van der Waals surface area contributed by atoms with Crippen LogP contribution >= 0.6 is 11.6 Å². The molecule has 1 amide bonds. The number of amides is 1. The van der Waals surface area contributed by atoms with Gasteiger partial charge in [-0.25, -0.2) is 9.67 Å². The number of benzene rings is 3. The molecule has 0 aliphatic rings. The summed E-state index contributed by atoms with van der Waals surface area (Å²) in [6.45, 7) is 0.457. The monoisotopic (exact) mass is 432 g/mol. The zero-order valence-electron chi connectivity index (χ0n) is 17.2. The third kappa shape index (κ3) is 4.44. The molecule has 4 aromatic rings. The topological polar surface area (TPSA) is 60.2 Å². The van der Waals surface area contributed by atoms with Crippen molar-refractivity contribution in [3.8, 4) is 22.8 Å². The average molecular weight is 433 g/mol. The summed E-state index contributed by atoms with van der Waals surface area (Å²) in [5.74, 6) is 1.08. The molecular weight excluding hydrogens is 412 g/mol. The van der Waals surface area contributed by atoms with E-state index in [0.717, 1.165) is 16.9 Å². The largest absolute Gasteiger partial charge is 0.497 e. The van der Waals surface area contributed by atoms with E-state index < -0.39 is 0 Å². The van der Waals surface area contributed by atoms with Gasteiger partial charge in [-0.05, 0) is 42.0 Å². The summed E-state index contributed by atoms with van der Waals surface area (Å²) in [6, 6.07) is 24.5. The summed E-state index contributed by atoms with van der Waals surface area (Å²) < 4.78 is 6.85. The fourth-order valence-corrected chi connectivity index (χ4v) is 3.44. The lowest BCUT2D eigenvalue weighted by Crippen LogP contribution is -2.27. The molecule has 0 bridgehead atoms. The molecule has 0 aliphatic heterocycles. The minimum absolute atomic E-state index is 0.101. The van der Waals surface area contributed by atoms with Crippen LogP contribution in [0.2, 0.25) is 5.02 Å². The zero-order chi connectivity index (χ0) is 21.8. The summed E-state index contributed by atoms with van der Waals surface area (Å²) in [7, 11) is 3.35. The number of ether oxygens (including phenoxy) is 1. The number of aromatic nitrogens is 3. The number of halogens is 1. The first-order chi connectivity index (χ1) is 15.1. The Kier molecular flexibility index (Phi) is 6.00. The maximum absolute atomic E-state index is 13.1. The molecule has 156 valence electrons. The van der Waals surface area contributed by atoms with Crippen LogP contribution in [0.25, 0.3) is 17.1 Å². The summed E-state index contributed by atoms with van der Waals surface area (Å²) in [5.41, 5.74) is 2.46. The van der Waals surface area contributed by atoms with E-state index in [0.29, 0.717) is 23.1 Å². The first-order valence-corrected chi connectivity index (χ1v) is 10.1. The first-order valence-electron chi connectivity index (χ1n) is 9.72. The van der Waals surface area contributed by atoms with Gasteiger partial charge < -0.3 is 9.64 Å². The van der Waals surface area contributed by atoms with Crippen molar-refractivity contribution in [3.05, 3.63) is 95.3 Å². The third-order valence-electron chi connectivity index (χ3n) is 4.84. The second kappa shape index (κ2) is 9.02. The highest BCUT2D eigenvalue weighted by Crippen LogP contribution is 2.27. The molecule has 0 N–H and O–H groups in total. The summed E-state index contributed by atoms with van der Waals surface area (Å²) in [6.07, 6.45) is 0. The molecule has 0 spiro atoms. The SMILES string of the molecule is COc1ccc(-c2nc(C(=O)N(C)Cc3ccccc3)nn2-c2ccccc2Cl)cc1. The van der Waals surface area contributed by atoms with Gasteiger partial charge in [-0.3, -0.25) is 4.79 Å². The standard InChI is InChI=1S/C24H21ClN4O2/c1-28(16-17-8-4-3-5-9-17)24(30)22-26-23(18-12-14-19(31-2)15-13-18)29(27-22)21-11-7-6-10-20(21)25/h3-15H,16H2,1-2H3. The maximum atomic E-state index is 13.1. The van der Waals surface area contributed by atoms with Gasteiger partial charge in [-0.2, -0.15) is 0 Å². The molecule has 6 nitrogen and oxygen atoms in total. The van der Waals surface area contributed by atoms with Crippen LogP contribution in [0.4, 0.5) is 0 Å². The number of nitrogens with zero attached hydrogens (tertiary/aromatic N) is 4. The number of carbonyl (C=O) groups excluding carboxylic acids is 1. The Bertz CT molecular complexity index is 1190. The van der Waals surface area contributed by atoms with E-state index in [-0.39, 0.29) is 11.7 Å². The number of rotatable bonds is 6. The van der Waals surface area contributed by atoms with Crippen LogP contribution < -0.4 is 4.74 Å². The van der Waals surface area contributed by atoms with Gasteiger partial charge >= 0.3 is 0 Å². The molecule has 4 rings (SSSR count). The quantitative estimate of drug-likeness (QED) is 0.436. The first kappa shape index (κ1) is 20.6. The van der Waals surface area contributed by atoms with Crippen molar-refractivity contribution in [2.75, 3.05) is 14.2 Å². The van der Waals surface area contributed by atoms with Crippen molar-refractivity contribution in [3.63, 3.8) is 0 Å². The number of carbonyl (C=O) groups is 1. The summed E-state index contributed by atoms with van der Waals surface area (Å²) >= 11 is 6.42. The van der Waals surface area contributed by atoms with Gasteiger partial charge in [0.1, 0.15) is 5.75 Å². The Hall–Kier alpha value is -3.64. The molecule has 0 aliphatic carbocycles. The maximum Gasteiger partial charge on any atom is 0.293 e. The summed E-state index contributed by atoms with van der Waals surface area (Å²) in [4.78, 5) is 19.3. The molecule has 0 atom stereocenters. The van der Waals surface area contributed by atoms with E-state index in [2.05, 4.69) is 10.1 Å². The number of hydrogen-bond donors (Lipinski definition) is 0. The van der Waals surface area contributed by atoms with Crippen molar-refractivity contribution in [1.29, 1.82) is 0 Å². The highest BCUT2D eigenvalue weighted by atomic mass is 35.5. The van der Waals surface area contributed by atoms with Crippen molar-refractivity contribution >= 4 is 17.5 Å². The molecule has 3 aromatic carbocycles. The van der Waals surface area contributed by atoms with Gasteiger partial charge in [0.25, 0.3) is 5.91 Å². The van der Waals surface area contributed by atoms with Gasteiger partial charge in [0, 0.05) is 19.2 Å². The van der Waals surface area contributed by atoms with Gasteiger partial charge in [0.2, 0.25) is 5.82 Å². The fourth-order valence-electron chi connectivity index (χ4n) is 3.22. The molecule has 7 heteroatoms. The molecule has 0 saturated heterocycles. The fraction of sp³-hybridized carbons (Fsp3) is 0.125. The molecule has 1 aromatic heterocycles. The van der Waals surface area contributed by atoms with Crippen molar-refractivity contribution in [2.45, 2.75) is 6.54 Å². The van der Waals surface area contributed by atoms with Gasteiger partial charge in [-0.15, -0.1) is 5.10 Å². The van der Waals surface area contributed by atoms with E-state index in [9.17, 15) is 4.79 Å². The Balaban J connectivity index is 1.73. The highest BCUT2D eigenvalue weighted by Gasteiger charge is 2.22. The van der Waals surface area contributed by atoms with Gasteiger partial charge in [0.05, 0.1) is 17.8 Å². The van der Waals surface area contributed by atoms with E-state index in [1.165, 1.54) is 0 Å². The third-order valence-corrected chi connectivity index (χ3v) is 5.16. The van der Waals surface area contributed by atoms with E-state index in [1.807, 2.05) is 72.8 Å². The summed E-state index contributed by atoms with van der Waals surface area (Å²) in [5, 5.41) is 5.03. The smallest absolute Gasteiger partial charge is 0.293 e. The molecular formula is C24H21ClN4O2. The van der Waals surface area contributed by atoms with Crippen molar-refractivity contribution < 1.29 is 9.53 Å². The number of para-hydroxylation sites is 1. The van der Waals surface area contributed by atoms with Crippen LogP contribution in [-0.2, 0) is 6.54 Å². The van der Waals surface area contributed by atoms with Crippen LogP contribution in [0, 0.1) is 0 Å². The molecule has 0 radical (unpaired) electrons. The molecule has 0 fully saturated rings. The van der Waals surface area contributed by atoms with Gasteiger partial charge in [0.15, 0.2) is 5.82 Å². The second-order valence-corrected chi connectivity index (χ2v) is 7.40. The van der Waals surface area contributed by atoms with Crippen LogP contribution in [0.1, 0.15) is 16.2 Å². The average Bonchev–Trinajstić information content (AvgIpc) is 3.24. The van der Waals surface area contributed by atoms with Crippen LogP contribution in [0.5, 0.6) is 5.75 Å². The van der Waals surface area contributed by atoms with Crippen molar-refractivity contribution in [2.24, 2.45) is 0 Å². The predicted molar refractivity (Wildman–Crippen MR) is 121 cm³/mol. The van der Waals surface area contributed by atoms with Crippen molar-refractivity contribution in [1.82, 2.24) is 19.7 Å². The predicted octanol–water partition coefficient (Wildman–Crippen LogP) is 4.87. The minimum Gasteiger partial charge on any atom is -0.497 e. The Labute approximate surface area is 185 Å². The van der Waals surface area contributed by atoms with Crippen LogP contribution in [0.3, 0.4) is 0 Å². The Morgan fingerprint density at radius 2 is 1.68 bits per heavy atom. The van der Waals surface area contributed by atoms with Crippen LogP contribution in [0.15, 0.2) is 78.9 Å². The molecule has 0 unspecified atom stereocenters.